The molecule has 1 aliphatic rings. The second kappa shape index (κ2) is 10.2. The summed E-state index contributed by atoms with van der Waals surface area (Å²) < 4.78 is 30.9. The van der Waals surface area contributed by atoms with Crippen molar-refractivity contribution in [3.63, 3.8) is 0 Å². The molecule has 0 amide bonds. The maximum Gasteiger partial charge on any atom is 0.330 e. The number of nitrogens with two attached hydrogens (primary N) is 2. The van der Waals surface area contributed by atoms with E-state index in [1.807, 2.05) is 4.98 Å². The average Bonchev–Trinajstić information content (AvgIpc) is 3.09. The fraction of sp³-hybridized carbons (Fsp3) is 0.684. The van der Waals surface area contributed by atoms with E-state index in [4.69, 9.17) is 25.7 Å². The van der Waals surface area contributed by atoms with Crippen LogP contribution < -0.4 is 22.7 Å². The van der Waals surface area contributed by atoms with Crippen molar-refractivity contribution in [2.75, 3.05) is 6.61 Å². The largest absolute Gasteiger partial charge is 0.462 e. The normalized spacial score (nSPS) is 23.1. The fourth-order valence-corrected chi connectivity index (χ4v) is 2.85. The number of nitrogens with one attached hydrogen (secondary N) is 1. The molecule has 1 fully saturated rings. The predicted molar refractivity (Wildman–Crippen MR) is 106 cm³/mol. The van der Waals surface area contributed by atoms with E-state index < -0.39 is 59.5 Å². The fourth-order valence-electron chi connectivity index (χ4n) is 2.85. The molecule has 0 aromatic carbocycles. The highest BCUT2D eigenvalue weighted by molar-refractivity contribution is 5.76. The van der Waals surface area contributed by atoms with E-state index in [1.165, 1.54) is 0 Å². The van der Waals surface area contributed by atoms with Gasteiger partial charge in [0.15, 0.2) is 0 Å². The molecule has 2 rings (SSSR count). The molecule has 5 N–H and O–H groups in total. The number of aromatic amines is 1. The first-order valence-electron chi connectivity index (χ1n) is 9.97. The third kappa shape index (κ3) is 5.99. The number of rotatable bonds is 8. The number of esters is 2. The Morgan fingerprint density at radius 3 is 2.35 bits per heavy atom. The molecule has 1 saturated heterocycles. The van der Waals surface area contributed by atoms with E-state index in [2.05, 4.69) is 0 Å². The maximum absolute atomic E-state index is 13.7. The van der Waals surface area contributed by atoms with E-state index >= 15 is 0 Å². The Bertz CT molecular complexity index is 913. The van der Waals surface area contributed by atoms with Crippen LogP contribution in [0.3, 0.4) is 0 Å². The zero-order valence-corrected chi connectivity index (χ0v) is 17.9. The van der Waals surface area contributed by atoms with Gasteiger partial charge in [-0.25, -0.2) is 4.79 Å². The van der Waals surface area contributed by atoms with Gasteiger partial charge in [-0.3, -0.25) is 23.9 Å². The summed E-state index contributed by atoms with van der Waals surface area (Å²) in [5.74, 6) is -2.90. The van der Waals surface area contributed by atoms with Crippen LogP contribution in [-0.2, 0) is 23.8 Å². The van der Waals surface area contributed by atoms with E-state index in [0.717, 1.165) is 4.57 Å². The topological polar surface area (TPSA) is 169 Å². The molecule has 2 heterocycles. The highest BCUT2D eigenvalue weighted by Crippen LogP contribution is 2.30. The van der Waals surface area contributed by atoms with Gasteiger partial charge < -0.3 is 25.7 Å². The van der Waals surface area contributed by atoms with Gasteiger partial charge in [-0.05, 0) is 11.8 Å². The Balaban J connectivity index is 2.21. The summed E-state index contributed by atoms with van der Waals surface area (Å²) in [5, 5.41) is 0. The summed E-state index contributed by atoms with van der Waals surface area (Å²) in [6.07, 6.45) is -2.33. The lowest BCUT2D eigenvalue weighted by Crippen LogP contribution is -2.42. The second-order valence-corrected chi connectivity index (χ2v) is 8.15. The third-order valence-corrected chi connectivity index (χ3v) is 5.05. The van der Waals surface area contributed by atoms with Crippen molar-refractivity contribution in [1.29, 1.82) is 0 Å². The maximum atomic E-state index is 13.7. The van der Waals surface area contributed by atoms with Gasteiger partial charge in [-0.15, -0.1) is 0 Å². The third-order valence-electron chi connectivity index (χ3n) is 5.05. The van der Waals surface area contributed by atoms with Crippen LogP contribution in [0.15, 0.2) is 15.8 Å². The second-order valence-electron chi connectivity index (χ2n) is 8.15. The minimum atomic E-state index is -1.18. The Morgan fingerprint density at radius 2 is 1.77 bits per heavy atom. The predicted octanol–water partition coefficient (Wildman–Crippen LogP) is -0.615. The number of H-pyrrole nitrogens is 1. The Kier molecular flexibility index (Phi) is 8.09. The van der Waals surface area contributed by atoms with E-state index in [-0.39, 0.29) is 24.9 Å². The van der Waals surface area contributed by atoms with Gasteiger partial charge >= 0.3 is 17.6 Å². The van der Waals surface area contributed by atoms with Crippen LogP contribution in [0.2, 0.25) is 0 Å². The molecule has 1 aromatic heterocycles. The van der Waals surface area contributed by atoms with Gasteiger partial charge in [0, 0.05) is 6.42 Å². The molecule has 0 unspecified atom stereocenters. The van der Waals surface area contributed by atoms with Gasteiger partial charge in [0.2, 0.25) is 5.82 Å². The Labute approximate surface area is 177 Å². The molecule has 0 aliphatic carbocycles. The van der Waals surface area contributed by atoms with Crippen LogP contribution >= 0.6 is 0 Å². The number of aromatic nitrogens is 2. The molecular weight excluding hydrogens is 415 g/mol. The van der Waals surface area contributed by atoms with E-state index in [9.17, 15) is 23.6 Å². The lowest BCUT2D eigenvalue weighted by molar-refractivity contribution is -0.161. The lowest BCUT2D eigenvalue weighted by Gasteiger charge is -2.22. The van der Waals surface area contributed by atoms with Crippen LogP contribution in [0.4, 0.5) is 4.39 Å². The first kappa shape index (κ1) is 24.7. The number of ether oxygens (including phenoxy) is 3. The number of nitrogens with zero attached hydrogens (tertiary/aromatic N) is 1. The SMILES string of the molecule is CC(C)[C@H](N)C(=O)OC[C@H]1O[C@@H](n2cc(F)c(=O)[nH]c2=O)C[C@@H]1OC(=O)[C@@H](N)C(C)C. The minimum Gasteiger partial charge on any atom is -0.462 e. The molecule has 11 nitrogen and oxygen atoms in total. The average molecular weight is 444 g/mol. The number of hydrogen-bond acceptors (Lipinski definition) is 9. The molecule has 0 spiro atoms. The van der Waals surface area contributed by atoms with Crippen molar-refractivity contribution in [1.82, 2.24) is 9.55 Å². The molecule has 0 bridgehead atoms. The van der Waals surface area contributed by atoms with Gasteiger partial charge in [0.1, 0.15) is 37.1 Å². The van der Waals surface area contributed by atoms with Crippen LogP contribution in [0, 0.1) is 17.7 Å². The molecule has 0 saturated carbocycles. The Morgan fingerprint density at radius 1 is 1.19 bits per heavy atom. The lowest BCUT2D eigenvalue weighted by atomic mass is 10.1. The van der Waals surface area contributed by atoms with Crippen molar-refractivity contribution in [2.24, 2.45) is 23.3 Å². The molecule has 31 heavy (non-hydrogen) atoms. The highest BCUT2D eigenvalue weighted by Gasteiger charge is 2.41. The number of carbonyl (C=O) groups is 2. The van der Waals surface area contributed by atoms with E-state index in [1.54, 1.807) is 27.7 Å². The smallest absolute Gasteiger partial charge is 0.330 e. The summed E-state index contributed by atoms with van der Waals surface area (Å²) in [5.41, 5.74) is 9.52. The molecule has 174 valence electrons. The number of hydrogen-bond donors (Lipinski definition) is 3. The summed E-state index contributed by atoms with van der Waals surface area (Å²) in [7, 11) is 0. The molecule has 1 aliphatic heterocycles. The molecule has 1 aromatic rings. The van der Waals surface area contributed by atoms with Gasteiger partial charge in [0.05, 0.1) is 6.20 Å². The monoisotopic (exact) mass is 444 g/mol. The Hall–Kier alpha value is -2.57. The van der Waals surface area contributed by atoms with Gasteiger partial charge in [-0.1, -0.05) is 27.7 Å². The first-order chi connectivity index (χ1) is 14.4. The van der Waals surface area contributed by atoms with Crippen LogP contribution in [0.1, 0.15) is 40.3 Å². The van der Waals surface area contributed by atoms with Crippen molar-refractivity contribution < 1.29 is 28.2 Å². The van der Waals surface area contributed by atoms with Gasteiger partial charge in [0.25, 0.3) is 5.56 Å². The summed E-state index contributed by atoms with van der Waals surface area (Å²) in [6.45, 7) is 6.68. The zero-order valence-electron chi connectivity index (χ0n) is 17.9. The first-order valence-corrected chi connectivity index (χ1v) is 9.97. The zero-order chi connectivity index (χ0) is 23.5. The van der Waals surface area contributed by atoms with Crippen LogP contribution in [0.25, 0.3) is 0 Å². The van der Waals surface area contributed by atoms with Crippen molar-refractivity contribution >= 4 is 11.9 Å². The number of halogens is 1. The van der Waals surface area contributed by atoms with Crippen molar-refractivity contribution in [2.45, 2.75) is 64.6 Å². The van der Waals surface area contributed by atoms with Crippen LogP contribution in [-0.4, -0.2) is 52.4 Å². The summed E-state index contributed by atoms with van der Waals surface area (Å²) >= 11 is 0. The molecule has 12 heteroatoms. The minimum absolute atomic E-state index is 0.0552. The van der Waals surface area contributed by atoms with E-state index in [0.29, 0.717) is 6.20 Å². The molecule has 0 radical (unpaired) electrons. The summed E-state index contributed by atoms with van der Waals surface area (Å²) in [4.78, 5) is 49.6. The molecular formula is C19H29FN4O7. The van der Waals surface area contributed by atoms with Crippen molar-refractivity contribution in [3.05, 3.63) is 32.9 Å². The van der Waals surface area contributed by atoms with Crippen molar-refractivity contribution in [3.8, 4) is 0 Å². The molecule has 5 atom stereocenters. The quantitative estimate of drug-likeness (QED) is 0.443. The highest BCUT2D eigenvalue weighted by atomic mass is 19.1. The number of carbonyl (C=O) groups excluding carboxylic acids is 2. The summed E-state index contributed by atoms with van der Waals surface area (Å²) in [6, 6.07) is -1.76. The van der Waals surface area contributed by atoms with Gasteiger partial charge in [-0.2, -0.15) is 4.39 Å². The van der Waals surface area contributed by atoms with Crippen LogP contribution in [0.5, 0.6) is 0 Å². The standard InChI is InChI=1S/C19H29FN4O7/c1-8(2)14(21)17(26)29-7-12-11(31-18(27)15(22)9(3)4)5-13(30-12)24-6-10(20)16(25)23-19(24)28/h6,8-9,11-15H,5,7,21-22H2,1-4H3,(H,23,25,28)/t11-,12+,13+,14-,15-/m0/s1.